The van der Waals surface area contributed by atoms with Crippen molar-refractivity contribution >= 4 is 40.5 Å². The zero-order valence-corrected chi connectivity index (χ0v) is 12.8. The maximum Gasteiger partial charge on any atom is 0.222 e. The van der Waals surface area contributed by atoms with Gasteiger partial charge in [0.05, 0.1) is 0 Å². The standard InChI is InChI=1S/C15H13ClN2O2S/c1-10(19)17-15(21)18-12-4-8-14(9-5-12)20-13-6-2-11(16)3-7-13/h2-9H,1H3,(H2,17,18,19,21). The van der Waals surface area contributed by atoms with Crippen molar-refractivity contribution in [1.82, 2.24) is 5.32 Å². The lowest BCUT2D eigenvalue weighted by Gasteiger charge is -2.09. The number of hydrogen-bond donors (Lipinski definition) is 2. The summed E-state index contributed by atoms with van der Waals surface area (Å²) < 4.78 is 5.67. The molecule has 0 saturated carbocycles. The molecule has 0 unspecified atom stereocenters. The summed E-state index contributed by atoms with van der Waals surface area (Å²) in [5.74, 6) is 1.18. The van der Waals surface area contributed by atoms with Gasteiger partial charge >= 0.3 is 0 Å². The summed E-state index contributed by atoms with van der Waals surface area (Å²) in [5, 5.41) is 6.31. The largest absolute Gasteiger partial charge is 0.457 e. The van der Waals surface area contributed by atoms with Gasteiger partial charge in [-0.05, 0) is 60.7 Å². The number of thiocarbonyl (C=S) groups is 1. The highest BCUT2D eigenvalue weighted by molar-refractivity contribution is 7.80. The number of anilines is 1. The molecule has 2 N–H and O–H groups in total. The molecule has 6 heteroatoms. The molecule has 0 radical (unpaired) electrons. The van der Waals surface area contributed by atoms with Crippen LogP contribution < -0.4 is 15.4 Å². The monoisotopic (exact) mass is 320 g/mol. The van der Waals surface area contributed by atoms with Gasteiger partial charge in [-0.25, -0.2) is 0 Å². The number of carbonyl (C=O) groups is 1. The molecule has 4 nitrogen and oxygen atoms in total. The number of halogens is 1. The van der Waals surface area contributed by atoms with Crippen LogP contribution in [0.5, 0.6) is 11.5 Å². The summed E-state index contributed by atoms with van der Waals surface area (Å²) in [6, 6.07) is 14.3. The van der Waals surface area contributed by atoms with Crippen LogP contribution >= 0.6 is 23.8 Å². The Morgan fingerprint density at radius 1 is 1.05 bits per heavy atom. The molecule has 0 aliphatic rings. The highest BCUT2D eigenvalue weighted by atomic mass is 35.5. The van der Waals surface area contributed by atoms with Gasteiger partial charge in [-0.2, -0.15) is 0 Å². The first-order chi connectivity index (χ1) is 10.0. The van der Waals surface area contributed by atoms with E-state index in [9.17, 15) is 4.79 Å². The quantitative estimate of drug-likeness (QED) is 0.840. The van der Waals surface area contributed by atoms with E-state index in [2.05, 4.69) is 10.6 Å². The van der Waals surface area contributed by atoms with E-state index >= 15 is 0 Å². The molecule has 0 aromatic heterocycles. The molecular weight excluding hydrogens is 308 g/mol. The van der Waals surface area contributed by atoms with Crippen molar-refractivity contribution in [2.45, 2.75) is 6.92 Å². The molecule has 0 saturated heterocycles. The molecule has 2 aromatic carbocycles. The predicted molar refractivity (Wildman–Crippen MR) is 88.0 cm³/mol. The number of amides is 1. The normalized spacial score (nSPS) is 9.81. The van der Waals surface area contributed by atoms with Gasteiger partial charge in [-0.1, -0.05) is 11.6 Å². The first kappa shape index (κ1) is 15.3. The van der Waals surface area contributed by atoms with Crippen LogP contribution in [-0.4, -0.2) is 11.0 Å². The summed E-state index contributed by atoms with van der Waals surface area (Å²) in [7, 11) is 0. The number of carbonyl (C=O) groups excluding carboxylic acids is 1. The lowest BCUT2D eigenvalue weighted by Crippen LogP contribution is -2.32. The van der Waals surface area contributed by atoms with Crippen LogP contribution in [-0.2, 0) is 4.79 Å². The van der Waals surface area contributed by atoms with Crippen LogP contribution in [0.25, 0.3) is 0 Å². The molecule has 108 valence electrons. The molecule has 21 heavy (non-hydrogen) atoms. The average molecular weight is 321 g/mol. The van der Waals surface area contributed by atoms with Crippen molar-refractivity contribution < 1.29 is 9.53 Å². The maximum atomic E-state index is 10.9. The van der Waals surface area contributed by atoms with Gasteiger partial charge in [0, 0.05) is 17.6 Å². The molecule has 0 aliphatic heterocycles. The Morgan fingerprint density at radius 2 is 1.57 bits per heavy atom. The van der Waals surface area contributed by atoms with Crippen LogP contribution in [0.1, 0.15) is 6.92 Å². The molecule has 0 heterocycles. The van der Waals surface area contributed by atoms with Gasteiger partial charge in [0.2, 0.25) is 5.91 Å². The molecule has 1 amide bonds. The van der Waals surface area contributed by atoms with Crippen LogP contribution in [0.3, 0.4) is 0 Å². The lowest BCUT2D eigenvalue weighted by atomic mass is 10.3. The van der Waals surface area contributed by atoms with E-state index in [1.54, 1.807) is 48.5 Å². The lowest BCUT2D eigenvalue weighted by molar-refractivity contribution is -0.117. The Balaban J connectivity index is 1.97. The molecule has 2 aromatic rings. The van der Waals surface area contributed by atoms with E-state index in [1.807, 2.05) is 0 Å². The minimum atomic E-state index is -0.213. The zero-order valence-electron chi connectivity index (χ0n) is 11.2. The fraction of sp³-hybridized carbons (Fsp3) is 0.0667. The van der Waals surface area contributed by atoms with Gasteiger partial charge in [0.15, 0.2) is 5.11 Å². The van der Waals surface area contributed by atoms with Crippen molar-refractivity contribution in [2.75, 3.05) is 5.32 Å². The van der Waals surface area contributed by atoms with E-state index in [-0.39, 0.29) is 11.0 Å². The van der Waals surface area contributed by atoms with E-state index < -0.39 is 0 Å². The van der Waals surface area contributed by atoms with Crippen molar-refractivity contribution in [3.63, 3.8) is 0 Å². The summed E-state index contributed by atoms with van der Waals surface area (Å²) in [5.41, 5.74) is 0.761. The fourth-order valence-corrected chi connectivity index (χ4v) is 1.95. The topological polar surface area (TPSA) is 50.4 Å². The van der Waals surface area contributed by atoms with Gasteiger partial charge in [-0.3, -0.25) is 4.79 Å². The second-order valence-electron chi connectivity index (χ2n) is 4.22. The fourth-order valence-electron chi connectivity index (χ4n) is 1.57. The SMILES string of the molecule is CC(=O)NC(=S)Nc1ccc(Oc2ccc(Cl)cc2)cc1. The summed E-state index contributed by atoms with van der Waals surface area (Å²) in [4.78, 5) is 10.9. The van der Waals surface area contributed by atoms with Gasteiger partial charge < -0.3 is 15.4 Å². The van der Waals surface area contributed by atoms with Crippen LogP contribution in [0.2, 0.25) is 5.02 Å². The van der Waals surface area contributed by atoms with Crippen molar-refractivity contribution in [3.8, 4) is 11.5 Å². The Bertz CT molecular complexity index is 642. The summed E-state index contributed by atoms with van der Waals surface area (Å²) in [6.07, 6.45) is 0. The van der Waals surface area contributed by atoms with Crippen LogP contribution in [0.4, 0.5) is 5.69 Å². The third-order valence-electron chi connectivity index (χ3n) is 2.45. The molecule has 0 spiro atoms. The number of hydrogen-bond acceptors (Lipinski definition) is 3. The molecule has 0 fully saturated rings. The maximum absolute atomic E-state index is 10.9. The van der Waals surface area contributed by atoms with E-state index in [4.69, 9.17) is 28.6 Å². The first-order valence-electron chi connectivity index (χ1n) is 6.15. The first-order valence-corrected chi connectivity index (χ1v) is 6.93. The number of nitrogens with one attached hydrogen (secondary N) is 2. The van der Waals surface area contributed by atoms with Crippen molar-refractivity contribution in [1.29, 1.82) is 0 Å². The van der Waals surface area contributed by atoms with Crippen molar-refractivity contribution in [3.05, 3.63) is 53.6 Å². The Hall–Kier alpha value is -2.11. The Kier molecular flexibility index (Phi) is 5.14. The smallest absolute Gasteiger partial charge is 0.222 e. The third-order valence-corrected chi connectivity index (χ3v) is 2.91. The molecule has 2 rings (SSSR count). The number of benzene rings is 2. The Labute approximate surface area is 133 Å². The highest BCUT2D eigenvalue weighted by Crippen LogP contribution is 2.24. The van der Waals surface area contributed by atoms with Crippen LogP contribution in [0.15, 0.2) is 48.5 Å². The third kappa shape index (κ3) is 5.06. The minimum absolute atomic E-state index is 0.213. The van der Waals surface area contributed by atoms with E-state index in [0.717, 1.165) is 5.69 Å². The van der Waals surface area contributed by atoms with Gasteiger partial charge in [0.25, 0.3) is 0 Å². The van der Waals surface area contributed by atoms with Crippen molar-refractivity contribution in [2.24, 2.45) is 0 Å². The number of rotatable bonds is 3. The zero-order chi connectivity index (χ0) is 15.2. The molecular formula is C15H13ClN2O2S. The summed E-state index contributed by atoms with van der Waals surface area (Å²) in [6.45, 7) is 1.40. The molecule has 0 atom stereocenters. The second-order valence-corrected chi connectivity index (χ2v) is 5.06. The van der Waals surface area contributed by atoms with Gasteiger partial charge in [-0.15, -0.1) is 0 Å². The second kappa shape index (κ2) is 7.06. The molecule has 0 aliphatic carbocycles. The highest BCUT2D eigenvalue weighted by Gasteiger charge is 2.01. The van der Waals surface area contributed by atoms with E-state index in [1.165, 1.54) is 6.92 Å². The summed E-state index contributed by atoms with van der Waals surface area (Å²) >= 11 is 10.8. The average Bonchev–Trinajstić information content (AvgIpc) is 2.42. The van der Waals surface area contributed by atoms with Crippen LogP contribution in [0, 0.1) is 0 Å². The van der Waals surface area contributed by atoms with Gasteiger partial charge in [0.1, 0.15) is 11.5 Å². The predicted octanol–water partition coefficient (Wildman–Crippen LogP) is 3.97. The number of ether oxygens (including phenoxy) is 1. The van der Waals surface area contributed by atoms with E-state index in [0.29, 0.717) is 16.5 Å². The minimum Gasteiger partial charge on any atom is -0.457 e. The Morgan fingerprint density at radius 3 is 2.10 bits per heavy atom. The molecule has 0 bridgehead atoms.